The number of anilines is 2. The zero-order valence-electron chi connectivity index (χ0n) is 22.5. The number of benzene rings is 1. The number of aromatic nitrogens is 5. The second-order valence-corrected chi connectivity index (χ2v) is 13.4. The third-order valence-electron chi connectivity index (χ3n) is 7.91. The number of hydrogen-bond acceptors (Lipinski definition) is 11. The Kier molecular flexibility index (Phi) is 7.57. The van der Waals surface area contributed by atoms with Crippen molar-refractivity contribution in [3.8, 4) is 0 Å². The summed E-state index contributed by atoms with van der Waals surface area (Å²) in [6, 6.07) is 7.34. The van der Waals surface area contributed by atoms with Crippen molar-refractivity contribution < 1.29 is 17.9 Å². The van der Waals surface area contributed by atoms with Crippen molar-refractivity contribution in [2.24, 2.45) is 16.3 Å². The van der Waals surface area contributed by atoms with Gasteiger partial charge in [0, 0.05) is 41.8 Å². The van der Waals surface area contributed by atoms with E-state index < -0.39 is 15.9 Å². The van der Waals surface area contributed by atoms with Gasteiger partial charge in [-0.25, -0.2) is 27.9 Å². The van der Waals surface area contributed by atoms with Crippen LogP contribution < -0.4 is 21.1 Å². The number of pyridine rings is 1. The lowest BCUT2D eigenvalue weighted by Gasteiger charge is -2.41. The highest BCUT2D eigenvalue weighted by atomic mass is 35.5. The molecule has 5 heterocycles. The van der Waals surface area contributed by atoms with Gasteiger partial charge in [0.25, 0.3) is 5.91 Å². The first kappa shape index (κ1) is 28.8. The predicted octanol–water partition coefficient (Wildman–Crippen LogP) is 2.56. The summed E-state index contributed by atoms with van der Waals surface area (Å²) in [4.78, 5) is 25.1. The van der Waals surface area contributed by atoms with Gasteiger partial charge in [-0.2, -0.15) is 0 Å². The quantitative estimate of drug-likeness (QED) is 0.285. The Morgan fingerprint density at radius 1 is 1.19 bits per heavy atom. The highest BCUT2D eigenvalue weighted by Crippen LogP contribution is 2.42. The van der Waals surface area contributed by atoms with Gasteiger partial charge in [-0.15, -0.1) is 10.2 Å². The fourth-order valence-corrected chi connectivity index (χ4v) is 7.40. The summed E-state index contributed by atoms with van der Waals surface area (Å²) in [5.74, 6) is 0.0746. The molecule has 2 aliphatic heterocycles. The Morgan fingerprint density at radius 3 is 2.67 bits per heavy atom. The minimum Gasteiger partial charge on any atom is -0.376 e. The number of nitrogens with two attached hydrogens (primary N) is 2. The summed E-state index contributed by atoms with van der Waals surface area (Å²) in [5.41, 5.74) is 6.95. The first-order chi connectivity index (χ1) is 20.1. The maximum absolute atomic E-state index is 13.0. The number of nitrogens with one attached hydrogen (secondary N) is 1. The molecule has 1 spiro atoms. The fraction of sp³-hybridized carbons (Fsp3) is 0.346. The van der Waals surface area contributed by atoms with Crippen LogP contribution in [-0.4, -0.2) is 70.7 Å². The van der Waals surface area contributed by atoms with Gasteiger partial charge < -0.3 is 20.7 Å². The lowest BCUT2D eigenvalue weighted by Crippen LogP contribution is -2.51. The molecular weight excluding hydrogens is 602 g/mol. The molecule has 2 atom stereocenters. The molecule has 1 amide bonds. The third kappa shape index (κ3) is 5.20. The molecule has 0 saturated carbocycles. The van der Waals surface area contributed by atoms with Crippen LogP contribution in [0.5, 0.6) is 0 Å². The Hall–Kier alpha value is -3.34. The summed E-state index contributed by atoms with van der Waals surface area (Å²) in [6.07, 6.45) is 6.70. The van der Waals surface area contributed by atoms with Gasteiger partial charge >= 0.3 is 0 Å². The lowest BCUT2D eigenvalue weighted by molar-refractivity contribution is 0.0973. The summed E-state index contributed by atoms with van der Waals surface area (Å²) in [7, 11) is -4.12. The number of primary sulfonamides is 1. The summed E-state index contributed by atoms with van der Waals surface area (Å²) in [6.45, 7) is 4.28. The molecule has 0 radical (unpaired) electrons. The Morgan fingerprint density at radius 2 is 1.95 bits per heavy atom. The molecule has 0 aliphatic carbocycles. The molecular formula is C26H28ClN9O4S2. The number of carbonyl (C=O) groups is 1. The Labute approximate surface area is 251 Å². The van der Waals surface area contributed by atoms with E-state index in [-0.39, 0.29) is 38.9 Å². The number of carbonyl (C=O) groups excluding carboxylic acids is 1. The highest BCUT2D eigenvalue weighted by molar-refractivity contribution is 7.99. The van der Waals surface area contributed by atoms with Crippen molar-refractivity contribution in [1.82, 2.24) is 24.6 Å². The first-order valence-corrected chi connectivity index (χ1v) is 15.9. The van der Waals surface area contributed by atoms with Crippen LogP contribution in [0.1, 0.15) is 30.1 Å². The summed E-state index contributed by atoms with van der Waals surface area (Å²) < 4.78 is 31.6. The van der Waals surface area contributed by atoms with Crippen molar-refractivity contribution in [3.05, 3.63) is 59.6 Å². The predicted molar refractivity (Wildman–Crippen MR) is 157 cm³/mol. The van der Waals surface area contributed by atoms with Crippen LogP contribution in [0.2, 0.25) is 5.02 Å². The van der Waals surface area contributed by atoms with Crippen LogP contribution in [0, 0.1) is 5.41 Å². The minimum absolute atomic E-state index is 0.0100. The van der Waals surface area contributed by atoms with Gasteiger partial charge in [0.15, 0.2) is 11.5 Å². The third-order valence-corrected chi connectivity index (χ3v) is 10.4. The Balaban J connectivity index is 1.22. The molecule has 4 aromatic rings. The van der Waals surface area contributed by atoms with Gasteiger partial charge in [0.2, 0.25) is 16.0 Å². The lowest BCUT2D eigenvalue weighted by atomic mass is 9.73. The number of sulfonamides is 1. The zero-order chi connectivity index (χ0) is 29.6. The average Bonchev–Trinajstić information content (AvgIpc) is 3.57. The van der Waals surface area contributed by atoms with E-state index in [2.05, 4.69) is 25.4 Å². The van der Waals surface area contributed by atoms with Gasteiger partial charge in [0.1, 0.15) is 6.33 Å². The molecule has 3 aromatic heterocycles. The first-order valence-electron chi connectivity index (χ1n) is 13.1. The smallest absolute Gasteiger partial charge is 0.258 e. The van der Waals surface area contributed by atoms with Crippen LogP contribution >= 0.6 is 23.4 Å². The van der Waals surface area contributed by atoms with Crippen molar-refractivity contribution >= 4 is 56.7 Å². The summed E-state index contributed by atoms with van der Waals surface area (Å²) >= 11 is 7.93. The minimum atomic E-state index is -4.12. The number of hydrogen-bond donors (Lipinski definition) is 3. The van der Waals surface area contributed by atoms with E-state index in [0.717, 1.165) is 31.9 Å². The van der Waals surface area contributed by atoms with E-state index >= 15 is 0 Å². The topological polar surface area (TPSA) is 184 Å². The average molecular weight is 630 g/mol. The number of nitrogens with zero attached hydrogens (tertiary/aromatic N) is 6. The molecule has 13 nitrogen and oxygen atoms in total. The second kappa shape index (κ2) is 11.1. The van der Waals surface area contributed by atoms with Crippen LogP contribution in [0.3, 0.4) is 0 Å². The van der Waals surface area contributed by atoms with Crippen LogP contribution in [-0.2, 0) is 14.8 Å². The molecule has 16 heteroatoms. The summed E-state index contributed by atoms with van der Waals surface area (Å²) in [5, 5.41) is 16.5. The SMILES string of the molecule is C[C@@H]1OCC2(CCN(c3ncc(Sc4ccnc(NC(=O)c5ccccc5S(N)(=O)=O)c4Cl)c4nncn34)CC2)[C@@H]1N. The standard InChI is InChI=1S/C26H28ClN9O4S2/c1-15-21(28)26(13-40-15)7-10-35(11-8-26)25-31-12-18(23-34-32-14-36(23)25)41-17-6-9-30-22(20(17)27)33-24(37)16-4-2-3-5-19(16)42(29,38)39/h2-6,9,12,14-15,21H,7-8,10-11,13,28H2,1H3,(H2,29,38,39)(H,30,33,37)/t15-,21+/m0/s1. The number of ether oxygens (including phenoxy) is 1. The normalized spacial score (nSPS) is 20.3. The van der Waals surface area contributed by atoms with Gasteiger partial charge in [-0.1, -0.05) is 35.5 Å². The van der Waals surface area contributed by atoms with E-state index in [0.29, 0.717) is 22.0 Å². The maximum atomic E-state index is 13.0. The molecule has 6 rings (SSSR count). The van der Waals surface area contributed by atoms with E-state index in [1.165, 1.54) is 42.2 Å². The van der Waals surface area contributed by atoms with Crippen molar-refractivity contribution in [3.63, 3.8) is 0 Å². The number of halogens is 1. The largest absolute Gasteiger partial charge is 0.376 e. The number of piperidine rings is 1. The number of amides is 1. The molecule has 0 bridgehead atoms. The van der Waals surface area contributed by atoms with E-state index in [9.17, 15) is 13.2 Å². The molecule has 220 valence electrons. The van der Waals surface area contributed by atoms with Gasteiger partial charge in [-0.05, 0) is 38.0 Å². The van der Waals surface area contributed by atoms with E-state index in [4.69, 9.17) is 32.2 Å². The Bertz CT molecular complexity index is 1780. The molecule has 5 N–H and O–H groups in total. The van der Waals surface area contributed by atoms with Crippen LogP contribution in [0.25, 0.3) is 5.65 Å². The van der Waals surface area contributed by atoms with Crippen LogP contribution in [0.4, 0.5) is 11.8 Å². The molecule has 2 aliphatic rings. The van der Waals surface area contributed by atoms with Crippen molar-refractivity contribution in [2.45, 2.75) is 46.6 Å². The molecule has 0 unspecified atom stereocenters. The molecule has 2 saturated heterocycles. The zero-order valence-corrected chi connectivity index (χ0v) is 24.9. The molecule has 42 heavy (non-hydrogen) atoms. The molecule has 1 aromatic carbocycles. The van der Waals surface area contributed by atoms with Crippen molar-refractivity contribution in [2.75, 3.05) is 29.9 Å². The second-order valence-electron chi connectivity index (χ2n) is 10.4. The van der Waals surface area contributed by atoms with E-state index in [1.54, 1.807) is 18.6 Å². The fourth-order valence-electron chi connectivity index (χ4n) is 5.50. The van der Waals surface area contributed by atoms with Gasteiger partial charge in [0.05, 0.1) is 33.1 Å². The van der Waals surface area contributed by atoms with Gasteiger partial charge in [-0.3, -0.25) is 4.79 Å². The van der Waals surface area contributed by atoms with Crippen LogP contribution in [0.15, 0.2) is 63.7 Å². The highest BCUT2D eigenvalue weighted by Gasteiger charge is 2.47. The number of fused-ring (bicyclic) bond motifs is 1. The maximum Gasteiger partial charge on any atom is 0.258 e. The molecule has 2 fully saturated rings. The van der Waals surface area contributed by atoms with Crippen molar-refractivity contribution in [1.29, 1.82) is 0 Å². The number of rotatable bonds is 6. The van der Waals surface area contributed by atoms with E-state index in [1.807, 2.05) is 11.3 Å². The monoisotopic (exact) mass is 629 g/mol.